The van der Waals surface area contributed by atoms with Gasteiger partial charge in [-0.1, -0.05) is 0 Å². The van der Waals surface area contributed by atoms with Gasteiger partial charge in [0.2, 0.25) is 0 Å². The van der Waals surface area contributed by atoms with Crippen molar-refractivity contribution in [1.82, 2.24) is 14.9 Å². The Bertz CT molecular complexity index is 505. The smallest absolute Gasteiger partial charge is 0.274 e. The average molecular weight is 291 g/mol. The molecular weight excluding hydrogens is 270 g/mol. The number of carbonyl (C=O) groups is 1. The van der Waals surface area contributed by atoms with Crippen LogP contribution in [0.4, 0.5) is 0 Å². The molecule has 2 aliphatic heterocycles. The lowest BCUT2D eigenvalue weighted by Gasteiger charge is -2.35. The molecule has 0 aliphatic carbocycles. The zero-order valence-electron chi connectivity index (χ0n) is 12.5. The molecule has 0 unspecified atom stereocenters. The minimum Gasteiger partial charge on any atom is -0.382 e. The Labute approximate surface area is 124 Å². The molecular formula is C15H21N3O3. The van der Waals surface area contributed by atoms with Crippen LogP contribution in [0.1, 0.15) is 35.4 Å². The molecule has 2 saturated heterocycles. The van der Waals surface area contributed by atoms with E-state index >= 15 is 0 Å². The average Bonchev–Trinajstić information content (AvgIpc) is 2.91. The Morgan fingerprint density at radius 2 is 2.24 bits per heavy atom. The van der Waals surface area contributed by atoms with Crippen molar-refractivity contribution in [2.45, 2.75) is 44.4 Å². The van der Waals surface area contributed by atoms with E-state index in [1.54, 1.807) is 19.5 Å². The van der Waals surface area contributed by atoms with Gasteiger partial charge >= 0.3 is 0 Å². The maximum absolute atomic E-state index is 12.6. The highest BCUT2D eigenvalue weighted by atomic mass is 16.5. The molecule has 1 aromatic heterocycles. The van der Waals surface area contributed by atoms with Gasteiger partial charge in [0.15, 0.2) is 0 Å². The quantitative estimate of drug-likeness (QED) is 0.837. The van der Waals surface area contributed by atoms with Crippen molar-refractivity contribution < 1.29 is 14.3 Å². The number of aromatic nitrogens is 2. The summed E-state index contributed by atoms with van der Waals surface area (Å²) in [6.07, 6.45) is 6.25. The van der Waals surface area contributed by atoms with Crippen molar-refractivity contribution in [3.8, 4) is 0 Å². The van der Waals surface area contributed by atoms with Crippen LogP contribution < -0.4 is 0 Å². The lowest BCUT2D eigenvalue weighted by Crippen LogP contribution is -2.46. The van der Waals surface area contributed by atoms with Crippen molar-refractivity contribution in [1.29, 1.82) is 0 Å². The molecule has 0 saturated carbocycles. The van der Waals surface area contributed by atoms with E-state index in [-0.39, 0.29) is 24.2 Å². The van der Waals surface area contributed by atoms with Crippen molar-refractivity contribution in [3.05, 3.63) is 23.8 Å². The molecule has 6 heteroatoms. The van der Waals surface area contributed by atoms with E-state index < -0.39 is 0 Å². The number of carbonyl (C=O) groups excluding carboxylic acids is 1. The van der Waals surface area contributed by atoms with Crippen LogP contribution in [-0.2, 0) is 9.47 Å². The molecule has 0 bridgehead atoms. The molecule has 2 aliphatic rings. The van der Waals surface area contributed by atoms with Crippen LogP contribution in [0.3, 0.4) is 0 Å². The maximum atomic E-state index is 12.6. The van der Waals surface area contributed by atoms with Crippen LogP contribution in [0.5, 0.6) is 0 Å². The molecule has 0 spiro atoms. The Balaban J connectivity index is 1.68. The molecule has 2 fully saturated rings. The third-order valence-corrected chi connectivity index (χ3v) is 4.25. The highest BCUT2D eigenvalue weighted by Crippen LogP contribution is 2.32. The normalized spacial score (nSPS) is 28.5. The number of ether oxygens (including phenoxy) is 2. The van der Waals surface area contributed by atoms with E-state index in [0.29, 0.717) is 12.3 Å². The fourth-order valence-corrected chi connectivity index (χ4v) is 3.21. The van der Waals surface area contributed by atoms with Gasteiger partial charge in [-0.05, 0) is 26.2 Å². The van der Waals surface area contributed by atoms with E-state index in [2.05, 4.69) is 9.97 Å². The Morgan fingerprint density at radius 3 is 2.95 bits per heavy atom. The maximum Gasteiger partial charge on any atom is 0.274 e. The minimum atomic E-state index is -0.0382. The first-order valence-corrected chi connectivity index (χ1v) is 7.43. The number of fused-ring (bicyclic) bond motifs is 1. The lowest BCUT2D eigenvalue weighted by molar-refractivity contribution is -0.0903. The first-order valence-electron chi connectivity index (χ1n) is 7.43. The summed E-state index contributed by atoms with van der Waals surface area (Å²) in [6.45, 7) is 3.21. The lowest BCUT2D eigenvalue weighted by atomic mass is 9.99. The molecule has 21 heavy (non-hydrogen) atoms. The summed E-state index contributed by atoms with van der Waals surface area (Å²) < 4.78 is 11.2. The van der Waals surface area contributed by atoms with Gasteiger partial charge < -0.3 is 14.4 Å². The van der Waals surface area contributed by atoms with Crippen LogP contribution in [0.25, 0.3) is 0 Å². The summed E-state index contributed by atoms with van der Waals surface area (Å²) in [7, 11) is 1.69. The summed E-state index contributed by atoms with van der Waals surface area (Å²) in [5.74, 6) is -0.0382. The zero-order valence-corrected chi connectivity index (χ0v) is 12.5. The van der Waals surface area contributed by atoms with E-state index in [4.69, 9.17) is 9.47 Å². The number of likely N-dealkylation sites (tertiary alicyclic amines) is 1. The molecule has 6 nitrogen and oxygen atoms in total. The summed E-state index contributed by atoms with van der Waals surface area (Å²) in [5, 5.41) is 0. The van der Waals surface area contributed by atoms with Crippen LogP contribution in [-0.4, -0.2) is 59.3 Å². The Kier molecular flexibility index (Phi) is 4.17. The van der Waals surface area contributed by atoms with Crippen LogP contribution in [0.2, 0.25) is 0 Å². The molecule has 0 radical (unpaired) electrons. The highest BCUT2D eigenvalue weighted by Gasteiger charge is 2.42. The predicted molar refractivity (Wildman–Crippen MR) is 76.0 cm³/mol. The van der Waals surface area contributed by atoms with Crippen molar-refractivity contribution in [2.24, 2.45) is 0 Å². The SMILES string of the molecule is COC[C@@H]1CC[C@H]2[C@H](CCN2C(=O)c2cnc(C)cn2)O1. The fraction of sp³-hybridized carbons (Fsp3) is 0.667. The minimum absolute atomic E-state index is 0.0382. The summed E-state index contributed by atoms with van der Waals surface area (Å²) in [4.78, 5) is 22.8. The van der Waals surface area contributed by atoms with Gasteiger partial charge in [0, 0.05) is 19.9 Å². The van der Waals surface area contributed by atoms with Crippen molar-refractivity contribution in [2.75, 3.05) is 20.3 Å². The van der Waals surface area contributed by atoms with Crippen molar-refractivity contribution >= 4 is 5.91 Å². The Morgan fingerprint density at radius 1 is 1.38 bits per heavy atom. The van der Waals surface area contributed by atoms with E-state index in [0.717, 1.165) is 31.5 Å². The van der Waals surface area contributed by atoms with Crippen LogP contribution in [0, 0.1) is 6.92 Å². The van der Waals surface area contributed by atoms with Crippen molar-refractivity contribution in [3.63, 3.8) is 0 Å². The molecule has 3 rings (SSSR count). The summed E-state index contributed by atoms with van der Waals surface area (Å²) >= 11 is 0. The first-order chi connectivity index (χ1) is 10.2. The molecule has 1 amide bonds. The van der Waals surface area contributed by atoms with Gasteiger partial charge in [0.05, 0.1) is 36.7 Å². The third kappa shape index (κ3) is 2.91. The number of hydrogen-bond donors (Lipinski definition) is 0. The molecule has 3 atom stereocenters. The summed E-state index contributed by atoms with van der Waals surface area (Å²) in [5.41, 5.74) is 1.23. The predicted octanol–water partition coefficient (Wildman–Crippen LogP) is 1.19. The second kappa shape index (κ2) is 6.07. The first kappa shape index (κ1) is 14.4. The van der Waals surface area contributed by atoms with E-state index in [1.165, 1.54) is 0 Å². The molecule has 0 N–H and O–H groups in total. The van der Waals surface area contributed by atoms with Gasteiger partial charge in [0.25, 0.3) is 5.91 Å². The van der Waals surface area contributed by atoms with Gasteiger partial charge in [-0.2, -0.15) is 0 Å². The van der Waals surface area contributed by atoms with Gasteiger partial charge in [-0.15, -0.1) is 0 Å². The van der Waals surface area contributed by atoms with Crippen LogP contribution >= 0.6 is 0 Å². The largest absolute Gasteiger partial charge is 0.382 e. The second-order valence-electron chi connectivity index (χ2n) is 5.73. The number of aryl methyl sites for hydroxylation is 1. The van der Waals surface area contributed by atoms with E-state index in [9.17, 15) is 4.79 Å². The molecule has 0 aromatic carbocycles. The standard InChI is InChI=1S/C15H21N3O3/c1-10-7-17-12(8-16-10)15(19)18-6-5-14-13(18)4-3-11(21-14)9-20-2/h7-8,11,13-14H,3-6,9H2,1-2H3/t11-,13-,14-/m0/s1. The number of amides is 1. The van der Waals surface area contributed by atoms with E-state index in [1.807, 2.05) is 11.8 Å². The second-order valence-corrected chi connectivity index (χ2v) is 5.73. The van der Waals surface area contributed by atoms with Gasteiger partial charge in [-0.3, -0.25) is 9.78 Å². The molecule has 1 aromatic rings. The Hall–Kier alpha value is -1.53. The zero-order chi connectivity index (χ0) is 14.8. The monoisotopic (exact) mass is 291 g/mol. The van der Waals surface area contributed by atoms with Gasteiger partial charge in [0.1, 0.15) is 5.69 Å². The number of hydrogen-bond acceptors (Lipinski definition) is 5. The van der Waals surface area contributed by atoms with Gasteiger partial charge in [-0.25, -0.2) is 4.98 Å². The molecule has 3 heterocycles. The topological polar surface area (TPSA) is 64.5 Å². The molecule has 114 valence electrons. The number of rotatable bonds is 3. The van der Waals surface area contributed by atoms with Crippen LogP contribution in [0.15, 0.2) is 12.4 Å². The summed E-state index contributed by atoms with van der Waals surface area (Å²) in [6, 6.07) is 0.161. The number of nitrogens with zero attached hydrogens (tertiary/aromatic N) is 3. The highest BCUT2D eigenvalue weighted by molar-refractivity contribution is 5.92. The fourth-order valence-electron chi connectivity index (χ4n) is 3.21. The third-order valence-electron chi connectivity index (χ3n) is 4.25. The number of methoxy groups -OCH3 is 1.